The van der Waals surface area contributed by atoms with Crippen LogP contribution in [0, 0.1) is 0 Å². The number of nitrogens with zero attached hydrogens (tertiary/aromatic N) is 1. The zero-order valence-electron chi connectivity index (χ0n) is 13.6. The molecule has 0 bridgehead atoms. The molecule has 1 rings (SSSR count). The summed E-state index contributed by atoms with van der Waals surface area (Å²) in [6, 6.07) is 2.67. The summed E-state index contributed by atoms with van der Waals surface area (Å²) in [5, 5.41) is 3.48. The number of hydrogen-bond donors (Lipinski definition) is 1. The van der Waals surface area contributed by atoms with Gasteiger partial charge in [0.2, 0.25) is 0 Å². The molecule has 0 amide bonds. The first-order valence-corrected chi connectivity index (χ1v) is 8.43. The van der Waals surface area contributed by atoms with Gasteiger partial charge in [-0.15, -0.1) is 0 Å². The van der Waals surface area contributed by atoms with Gasteiger partial charge < -0.3 is 5.32 Å². The first-order chi connectivity index (χ1) is 9.83. The highest BCUT2D eigenvalue weighted by atomic mass is 14.9. The second-order valence-corrected chi connectivity index (χ2v) is 5.68. The van der Waals surface area contributed by atoms with E-state index in [1.807, 2.05) is 12.4 Å². The maximum atomic E-state index is 4.24. The van der Waals surface area contributed by atoms with Crippen LogP contribution < -0.4 is 5.32 Å². The molecule has 1 heterocycles. The van der Waals surface area contributed by atoms with Crippen LogP contribution >= 0.6 is 0 Å². The van der Waals surface area contributed by atoms with E-state index in [1.165, 1.54) is 62.5 Å². The summed E-state index contributed by atoms with van der Waals surface area (Å²) in [7, 11) is 2.08. The van der Waals surface area contributed by atoms with Crippen molar-refractivity contribution in [3.05, 3.63) is 29.6 Å². The molecule has 1 aromatic heterocycles. The zero-order chi connectivity index (χ0) is 14.6. The third-order valence-corrected chi connectivity index (χ3v) is 4.14. The lowest BCUT2D eigenvalue weighted by Gasteiger charge is -2.19. The van der Waals surface area contributed by atoms with Gasteiger partial charge in [-0.3, -0.25) is 4.98 Å². The van der Waals surface area contributed by atoms with Crippen LogP contribution in [0.2, 0.25) is 0 Å². The van der Waals surface area contributed by atoms with Crippen LogP contribution in [-0.2, 0) is 6.42 Å². The second-order valence-electron chi connectivity index (χ2n) is 5.68. The highest BCUT2D eigenvalue weighted by Gasteiger charge is 2.12. The first-order valence-electron chi connectivity index (χ1n) is 8.43. The molecule has 0 saturated carbocycles. The highest BCUT2D eigenvalue weighted by Crippen LogP contribution is 2.23. The van der Waals surface area contributed by atoms with Crippen molar-refractivity contribution in [1.82, 2.24) is 10.3 Å². The number of rotatable bonds is 11. The summed E-state index contributed by atoms with van der Waals surface area (Å²) in [5.41, 5.74) is 2.82. The number of pyridine rings is 1. The van der Waals surface area contributed by atoms with E-state index in [1.54, 1.807) is 0 Å². The fourth-order valence-electron chi connectivity index (χ4n) is 2.83. The molecule has 0 saturated heterocycles. The Morgan fingerprint density at radius 1 is 1.05 bits per heavy atom. The summed E-state index contributed by atoms with van der Waals surface area (Å²) in [5.74, 6) is 0. The molecule has 1 unspecified atom stereocenters. The zero-order valence-corrected chi connectivity index (χ0v) is 13.6. The van der Waals surface area contributed by atoms with Gasteiger partial charge in [0.15, 0.2) is 0 Å². The van der Waals surface area contributed by atoms with Crippen LogP contribution in [0.1, 0.15) is 82.4 Å². The lowest BCUT2D eigenvalue weighted by Crippen LogP contribution is -2.18. The summed E-state index contributed by atoms with van der Waals surface area (Å²) in [4.78, 5) is 4.24. The molecule has 20 heavy (non-hydrogen) atoms. The maximum Gasteiger partial charge on any atom is 0.0321 e. The molecule has 0 radical (unpaired) electrons. The average Bonchev–Trinajstić information content (AvgIpc) is 2.50. The van der Waals surface area contributed by atoms with Gasteiger partial charge in [0.05, 0.1) is 0 Å². The Kier molecular flexibility index (Phi) is 9.31. The summed E-state index contributed by atoms with van der Waals surface area (Å²) >= 11 is 0. The fraction of sp³-hybridized carbons (Fsp3) is 0.722. The number of unbranched alkanes of at least 4 members (excludes halogenated alkanes) is 6. The van der Waals surface area contributed by atoms with Gasteiger partial charge in [-0.05, 0) is 37.1 Å². The highest BCUT2D eigenvalue weighted by molar-refractivity contribution is 5.26. The predicted octanol–water partition coefficient (Wildman–Crippen LogP) is 5.05. The van der Waals surface area contributed by atoms with Crippen LogP contribution in [0.5, 0.6) is 0 Å². The third kappa shape index (κ3) is 6.04. The van der Waals surface area contributed by atoms with Gasteiger partial charge in [0.1, 0.15) is 0 Å². The van der Waals surface area contributed by atoms with Crippen LogP contribution in [-0.4, -0.2) is 12.0 Å². The smallest absolute Gasteiger partial charge is 0.0321 e. The Morgan fingerprint density at radius 2 is 1.75 bits per heavy atom. The monoisotopic (exact) mass is 276 g/mol. The van der Waals surface area contributed by atoms with Crippen molar-refractivity contribution in [3.63, 3.8) is 0 Å². The second kappa shape index (κ2) is 10.8. The molecule has 2 heteroatoms. The van der Waals surface area contributed by atoms with Crippen molar-refractivity contribution < 1.29 is 0 Å². The minimum atomic E-state index is 0.489. The Morgan fingerprint density at radius 3 is 2.40 bits per heavy atom. The molecule has 0 fully saturated rings. The predicted molar refractivity (Wildman–Crippen MR) is 88.0 cm³/mol. The van der Waals surface area contributed by atoms with Crippen LogP contribution in [0.3, 0.4) is 0 Å². The van der Waals surface area contributed by atoms with Crippen molar-refractivity contribution in [1.29, 1.82) is 0 Å². The Balaban J connectivity index is 2.32. The molecule has 0 spiro atoms. The van der Waals surface area contributed by atoms with E-state index in [0.29, 0.717) is 6.04 Å². The third-order valence-electron chi connectivity index (χ3n) is 4.14. The van der Waals surface area contributed by atoms with Crippen molar-refractivity contribution in [2.45, 2.75) is 77.7 Å². The van der Waals surface area contributed by atoms with Gasteiger partial charge in [0.25, 0.3) is 0 Å². The molecule has 0 aliphatic heterocycles. The molecular formula is C18H32N2. The van der Waals surface area contributed by atoms with Crippen LogP contribution in [0.25, 0.3) is 0 Å². The molecule has 1 N–H and O–H groups in total. The van der Waals surface area contributed by atoms with Gasteiger partial charge in [-0.25, -0.2) is 0 Å². The van der Waals surface area contributed by atoms with E-state index in [4.69, 9.17) is 0 Å². The SMILES string of the molecule is CCCCCCCCCC(NC)c1ccncc1CC. The number of hydrogen-bond acceptors (Lipinski definition) is 2. The van der Waals surface area contributed by atoms with E-state index in [0.717, 1.165) is 6.42 Å². The molecular weight excluding hydrogens is 244 g/mol. The van der Waals surface area contributed by atoms with Crippen LogP contribution in [0.4, 0.5) is 0 Å². The van der Waals surface area contributed by atoms with E-state index < -0.39 is 0 Å². The summed E-state index contributed by atoms with van der Waals surface area (Å²) < 4.78 is 0. The van der Waals surface area contributed by atoms with E-state index in [-0.39, 0.29) is 0 Å². The first kappa shape index (κ1) is 17.2. The molecule has 0 aliphatic rings. The van der Waals surface area contributed by atoms with E-state index in [9.17, 15) is 0 Å². The Bertz CT molecular complexity index is 349. The van der Waals surface area contributed by atoms with Crippen molar-refractivity contribution in [2.75, 3.05) is 7.05 Å². The summed E-state index contributed by atoms with van der Waals surface area (Å²) in [6.07, 6.45) is 15.9. The average molecular weight is 276 g/mol. The largest absolute Gasteiger partial charge is 0.313 e. The van der Waals surface area contributed by atoms with Crippen molar-refractivity contribution in [2.24, 2.45) is 0 Å². The molecule has 1 atom stereocenters. The van der Waals surface area contributed by atoms with Gasteiger partial charge >= 0.3 is 0 Å². The minimum absolute atomic E-state index is 0.489. The van der Waals surface area contributed by atoms with Crippen molar-refractivity contribution in [3.8, 4) is 0 Å². The Labute approximate surface area is 125 Å². The fourth-order valence-corrected chi connectivity index (χ4v) is 2.83. The molecule has 2 nitrogen and oxygen atoms in total. The van der Waals surface area contributed by atoms with Gasteiger partial charge in [0, 0.05) is 18.4 Å². The van der Waals surface area contributed by atoms with Crippen molar-refractivity contribution >= 4 is 0 Å². The Hall–Kier alpha value is -0.890. The normalized spacial score (nSPS) is 12.6. The minimum Gasteiger partial charge on any atom is -0.313 e. The topological polar surface area (TPSA) is 24.9 Å². The number of nitrogens with one attached hydrogen (secondary N) is 1. The van der Waals surface area contributed by atoms with Gasteiger partial charge in [-0.2, -0.15) is 0 Å². The number of aromatic nitrogens is 1. The van der Waals surface area contributed by atoms with E-state index >= 15 is 0 Å². The van der Waals surface area contributed by atoms with Gasteiger partial charge in [-0.1, -0.05) is 58.8 Å². The lowest BCUT2D eigenvalue weighted by molar-refractivity contribution is 0.493. The molecule has 0 aromatic carbocycles. The lowest BCUT2D eigenvalue weighted by atomic mass is 9.96. The molecule has 114 valence electrons. The molecule has 0 aliphatic carbocycles. The number of aryl methyl sites for hydroxylation is 1. The van der Waals surface area contributed by atoms with E-state index in [2.05, 4.69) is 37.3 Å². The quantitative estimate of drug-likeness (QED) is 0.572. The van der Waals surface area contributed by atoms with Crippen LogP contribution in [0.15, 0.2) is 18.5 Å². The maximum absolute atomic E-state index is 4.24. The molecule has 1 aromatic rings. The summed E-state index contributed by atoms with van der Waals surface area (Å²) in [6.45, 7) is 4.48. The standard InChI is InChI=1S/C18H32N2/c1-4-6-7-8-9-10-11-12-18(19-3)17-13-14-20-15-16(17)5-2/h13-15,18-19H,4-12H2,1-3H3.